The van der Waals surface area contributed by atoms with E-state index in [4.69, 9.17) is 10.6 Å². The number of nitrogens with two attached hydrogens (primary N) is 1. The number of H-pyrrole nitrogens is 1. The standard InChI is InChI=1S/C30H34FN11O8S2/c1-30(2,28(48)49)50-38-19(17-13-52-29(32)34-17)25(46)35-20-26(47)41-21(23-36-39-40-37-23)15(12-51-27(20)41)11-42(6-3-4-7-42)8-5-33-24(45)14-9-16(31)22(44)18(43)10-14/h9-10,13,20,27H,3-8,11-12H2,1-2H3,(H7-,32,33,34,35,36,37,38,39,40,43,44,45,46,48,49)/p+1/t20-,27-/m1/s1. The molecule has 22 heteroatoms. The first-order chi connectivity index (χ1) is 24.7. The number of tetrazole rings is 1. The fourth-order valence-corrected chi connectivity index (χ4v) is 8.07. The Kier molecular flexibility index (Phi) is 10.1. The molecule has 6 rings (SSSR count). The topological polar surface area (TPSA) is 271 Å². The maximum atomic E-state index is 13.9. The molecule has 2 fully saturated rings. The van der Waals surface area contributed by atoms with Gasteiger partial charge in [0.1, 0.15) is 23.7 Å². The molecule has 3 aromatic rings. The number of aromatic nitrogens is 5. The van der Waals surface area contributed by atoms with Crippen LogP contribution in [0.5, 0.6) is 11.5 Å². The van der Waals surface area contributed by atoms with E-state index in [0.29, 0.717) is 29.0 Å². The lowest BCUT2D eigenvalue weighted by Crippen LogP contribution is -2.70. The number of hydrogen-bond donors (Lipinski definition) is 7. The highest BCUT2D eigenvalue weighted by molar-refractivity contribution is 8.00. The van der Waals surface area contributed by atoms with E-state index in [2.05, 4.69) is 41.4 Å². The average molecular weight is 761 g/mol. The van der Waals surface area contributed by atoms with Crippen LogP contribution in [-0.4, -0.2) is 135 Å². The zero-order valence-electron chi connectivity index (χ0n) is 27.8. The van der Waals surface area contributed by atoms with Crippen molar-refractivity contribution in [3.8, 4) is 11.5 Å². The molecule has 0 bridgehead atoms. The number of aromatic amines is 1. The van der Waals surface area contributed by atoms with Gasteiger partial charge in [-0.2, -0.15) is 5.21 Å². The van der Waals surface area contributed by atoms with E-state index >= 15 is 0 Å². The minimum Gasteiger partial charge on any atom is -0.504 e. The molecule has 0 saturated carbocycles. The maximum Gasteiger partial charge on any atom is 0.350 e. The third-order valence-electron chi connectivity index (χ3n) is 8.97. The number of phenolic OH excluding ortho intramolecular Hbond substituents is 2. The SMILES string of the molecule is CC(C)(O/N=C(\C(=O)N[C@@H]1C(=O)N2C(c3nn[nH]n3)=C(C[N+]3(CCNC(=O)c4cc(O)c(O)c(F)c4)CCCC3)CS[C@H]12)c1csc(N)n1)C(=O)O. The molecular formula is C30H35FN11O8S2+. The predicted octanol–water partition coefficient (Wildman–Crippen LogP) is 0.224. The van der Waals surface area contributed by atoms with Gasteiger partial charge < -0.3 is 41.0 Å². The third kappa shape index (κ3) is 7.21. The molecule has 5 heterocycles. The minimum atomic E-state index is -1.77. The molecule has 0 unspecified atom stereocenters. The molecule has 276 valence electrons. The van der Waals surface area contributed by atoms with Gasteiger partial charge in [-0.1, -0.05) is 5.16 Å². The molecule has 3 aliphatic rings. The van der Waals surface area contributed by atoms with Gasteiger partial charge in [-0.3, -0.25) is 19.3 Å². The fourth-order valence-electron chi connectivity index (χ4n) is 6.18. The summed E-state index contributed by atoms with van der Waals surface area (Å²) in [5, 5.41) is 53.4. The number of carbonyl (C=O) groups excluding carboxylic acids is 3. The van der Waals surface area contributed by atoms with Gasteiger partial charge in [-0.05, 0) is 31.2 Å². The quantitative estimate of drug-likeness (QED) is 0.0404. The van der Waals surface area contributed by atoms with Crippen molar-refractivity contribution in [2.45, 2.75) is 43.7 Å². The fraction of sp³-hybridized carbons (Fsp3) is 0.433. The number of quaternary nitrogens is 1. The van der Waals surface area contributed by atoms with Crippen LogP contribution in [0, 0.1) is 5.82 Å². The molecule has 3 aliphatic heterocycles. The lowest BCUT2D eigenvalue weighted by molar-refractivity contribution is -0.911. The summed E-state index contributed by atoms with van der Waals surface area (Å²) in [7, 11) is 0. The Hall–Kier alpha value is -5.35. The summed E-state index contributed by atoms with van der Waals surface area (Å²) >= 11 is 2.46. The van der Waals surface area contributed by atoms with Crippen LogP contribution < -0.4 is 16.4 Å². The number of aliphatic carboxylic acids is 1. The summed E-state index contributed by atoms with van der Waals surface area (Å²) in [6.45, 7) is 5.32. The number of rotatable bonds is 13. The molecule has 19 nitrogen and oxygen atoms in total. The van der Waals surface area contributed by atoms with Crippen molar-refractivity contribution in [2.75, 3.05) is 44.2 Å². The maximum absolute atomic E-state index is 13.9. The molecule has 8 N–H and O–H groups in total. The molecule has 0 spiro atoms. The summed E-state index contributed by atoms with van der Waals surface area (Å²) in [5.41, 5.74) is 4.87. The number of nitrogens with one attached hydrogen (secondary N) is 3. The molecule has 52 heavy (non-hydrogen) atoms. The highest BCUT2D eigenvalue weighted by Crippen LogP contribution is 2.44. The number of oxime groups is 1. The van der Waals surface area contributed by atoms with Crippen LogP contribution in [0.15, 0.2) is 28.2 Å². The number of carboxylic acid groups (broad SMARTS) is 1. The molecule has 2 atom stereocenters. The number of carboxylic acids is 1. The normalized spacial score (nSPS) is 19.9. The third-order valence-corrected chi connectivity index (χ3v) is 11.0. The lowest BCUT2D eigenvalue weighted by atomic mass is 10.0. The number of thiazole rings is 1. The molecule has 2 saturated heterocycles. The van der Waals surface area contributed by atoms with E-state index in [9.17, 15) is 38.9 Å². The second-order valence-corrected chi connectivity index (χ2v) is 14.9. The Morgan fingerprint density at radius 1 is 1.25 bits per heavy atom. The molecule has 0 aliphatic carbocycles. The largest absolute Gasteiger partial charge is 0.504 e. The van der Waals surface area contributed by atoms with Crippen LogP contribution in [0.3, 0.4) is 0 Å². The number of hydrogen-bond acceptors (Lipinski definition) is 15. The number of amides is 3. The van der Waals surface area contributed by atoms with Gasteiger partial charge in [0.2, 0.25) is 11.4 Å². The number of thioether (sulfide) groups is 1. The predicted molar refractivity (Wildman–Crippen MR) is 183 cm³/mol. The summed E-state index contributed by atoms with van der Waals surface area (Å²) in [6, 6.07) is 0.837. The number of carbonyl (C=O) groups is 4. The van der Waals surface area contributed by atoms with Gasteiger partial charge in [0.05, 0.1) is 31.9 Å². The van der Waals surface area contributed by atoms with Gasteiger partial charge in [0.15, 0.2) is 28.2 Å². The van der Waals surface area contributed by atoms with Gasteiger partial charge in [0, 0.05) is 35.1 Å². The van der Waals surface area contributed by atoms with Crippen LogP contribution in [0.4, 0.5) is 9.52 Å². The Labute approximate surface area is 302 Å². The van der Waals surface area contributed by atoms with Crippen molar-refractivity contribution in [3.63, 3.8) is 0 Å². The number of aromatic hydroxyl groups is 2. The number of halogens is 1. The number of likely N-dealkylation sites (tertiary alicyclic amines) is 1. The summed E-state index contributed by atoms with van der Waals surface area (Å²) in [4.78, 5) is 62.5. The minimum absolute atomic E-state index is 0.0416. The zero-order valence-corrected chi connectivity index (χ0v) is 29.5. The number of benzene rings is 1. The highest BCUT2D eigenvalue weighted by Gasteiger charge is 2.55. The van der Waals surface area contributed by atoms with Crippen molar-refractivity contribution >= 4 is 63.3 Å². The number of β-lactam (4-membered cyclic amide) rings is 1. The van der Waals surface area contributed by atoms with Crippen molar-refractivity contribution in [2.24, 2.45) is 5.16 Å². The Balaban J connectivity index is 1.19. The van der Waals surface area contributed by atoms with E-state index in [0.717, 1.165) is 55.0 Å². The zero-order chi connectivity index (χ0) is 37.4. The second kappa shape index (κ2) is 14.3. The number of fused-ring (bicyclic) bond motifs is 1. The molecular weight excluding hydrogens is 726 g/mol. The summed E-state index contributed by atoms with van der Waals surface area (Å²) in [5.74, 6) is -5.34. The Morgan fingerprint density at radius 2 is 2.00 bits per heavy atom. The van der Waals surface area contributed by atoms with Crippen molar-refractivity contribution in [1.29, 1.82) is 0 Å². The summed E-state index contributed by atoms with van der Waals surface area (Å²) in [6.07, 6.45) is 1.87. The molecule has 0 radical (unpaired) electrons. The van der Waals surface area contributed by atoms with E-state index < -0.39 is 58.0 Å². The smallest absolute Gasteiger partial charge is 0.350 e. The van der Waals surface area contributed by atoms with Crippen LogP contribution in [0.2, 0.25) is 0 Å². The second-order valence-electron chi connectivity index (χ2n) is 12.9. The van der Waals surface area contributed by atoms with E-state index in [-0.39, 0.29) is 34.5 Å². The lowest BCUT2D eigenvalue weighted by Gasteiger charge is -2.50. The first-order valence-electron chi connectivity index (χ1n) is 16.0. The molecule has 2 aromatic heterocycles. The van der Waals surface area contributed by atoms with Crippen molar-refractivity contribution in [1.82, 2.24) is 41.1 Å². The van der Waals surface area contributed by atoms with Gasteiger partial charge in [-0.25, -0.2) is 14.2 Å². The van der Waals surface area contributed by atoms with Crippen LogP contribution >= 0.6 is 23.1 Å². The first kappa shape index (κ1) is 36.4. The number of nitrogen functional groups attached to an aromatic ring is 1. The number of anilines is 1. The first-order valence-corrected chi connectivity index (χ1v) is 17.9. The molecule has 1 aromatic carbocycles. The average Bonchev–Trinajstić information content (AvgIpc) is 3.89. The highest BCUT2D eigenvalue weighted by atomic mass is 32.2. The van der Waals surface area contributed by atoms with E-state index in [1.807, 2.05) is 0 Å². The summed E-state index contributed by atoms with van der Waals surface area (Å²) < 4.78 is 14.5. The Morgan fingerprint density at radius 3 is 2.63 bits per heavy atom. The van der Waals surface area contributed by atoms with Crippen LogP contribution in [0.25, 0.3) is 5.70 Å². The van der Waals surface area contributed by atoms with E-state index in [1.165, 1.54) is 35.9 Å². The Bertz CT molecular complexity index is 1940. The van der Waals surface area contributed by atoms with Gasteiger partial charge >= 0.3 is 5.97 Å². The van der Waals surface area contributed by atoms with Crippen LogP contribution in [0.1, 0.15) is 48.6 Å². The van der Waals surface area contributed by atoms with Crippen molar-refractivity contribution < 1.29 is 48.2 Å². The monoisotopic (exact) mass is 760 g/mol. The van der Waals surface area contributed by atoms with Gasteiger partial charge in [0.25, 0.3) is 17.7 Å². The number of nitrogens with zero attached hydrogens (tertiary/aromatic N) is 7. The number of phenols is 2. The molecule has 3 amide bonds. The van der Waals surface area contributed by atoms with E-state index in [1.54, 1.807) is 0 Å². The van der Waals surface area contributed by atoms with Crippen molar-refractivity contribution in [3.05, 3.63) is 46.0 Å². The van der Waals surface area contributed by atoms with Gasteiger partial charge in [-0.15, -0.1) is 33.3 Å². The van der Waals surface area contributed by atoms with Crippen LogP contribution in [-0.2, 0) is 19.2 Å².